The molecule has 0 saturated heterocycles. The van der Waals surface area contributed by atoms with Crippen LogP contribution in [0.3, 0.4) is 0 Å². The molecule has 7 aromatic rings. The van der Waals surface area contributed by atoms with Crippen LogP contribution in [0.5, 0.6) is 0 Å². The third kappa shape index (κ3) is 3.98. The summed E-state index contributed by atoms with van der Waals surface area (Å²) in [7, 11) is 0. The van der Waals surface area contributed by atoms with Crippen molar-refractivity contribution < 1.29 is 0 Å². The van der Waals surface area contributed by atoms with Gasteiger partial charge >= 0.3 is 0 Å². The molecular weight excluding hydrogens is 607 g/mol. The number of fused-ring (bicyclic) bond motifs is 1. The quantitative estimate of drug-likeness (QED) is 0.187. The molecule has 0 fully saturated rings. The van der Waals surface area contributed by atoms with Gasteiger partial charge in [0.05, 0.1) is 11.4 Å². The lowest BCUT2D eigenvalue weighted by Crippen LogP contribution is -2.36. The predicted octanol–water partition coefficient (Wildman–Crippen LogP) is 11.7. The molecule has 0 radical (unpaired) electrons. The van der Waals surface area contributed by atoms with Crippen molar-refractivity contribution in [3.63, 3.8) is 0 Å². The Bertz CT molecular complexity index is 2320. The minimum Gasteiger partial charge on any atom is -0.310 e. The molecule has 0 aliphatic heterocycles. The molecule has 240 valence electrons. The molecule has 0 unspecified atom stereocenters. The van der Waals surface area contributed by atoms with Crippen molar-refractivity contribution in [2.45, 2.75) is 44.4 Å². The molecule has 50 heavy (non-hydrogen) atoms. The third-order valence-corrected chi connectivity index (χ3v) is 11.6. The Morgan fingerprint density at radius 3 is 1.38 bits per heavy atom. The predicted molar refractivity (Wildman–Crippen MR) is 205 cm³/mol. The zero-order valence-electron chi connectivity index (χ0n) is 28.8. The Balaban J connectivity index is 1.26. The Hall–Kier alpha value is -5.80. The fourth-order valence-corrected chi connectivity index (χ4v) is 9.27. The van der Waals surface area contributed by atoms with Crippen molar-refractivity contribution in [2.75, 3.05) is 4.90 Å². The van der Waals surface area contributed by atoms with Crippen LogP contribution in [-0.2, 0) is 10.8 Å². The van der Waals surface area contributed by atoms with E-state index >= 15 is 0 Å². The molecule has 0 saturated carbocycles. The van der Waals surface area contributed by atoms with E-state index in [1.807, 2.05) is 24.5 Å². The van der Waals surface area contributed by atoms with Gasteiger partial charge in [-0.15, -0.1) is 0 Å². The monoisotopic (exact) mass is 643 g/mol. The number of hydrogen-bond donors (Lipinski definition) is 0. The summed E-state index contributed by atoms with van der Waals surface area (Å²) in [6, 6.07) is 48.8. The second-order valence-corrected chi connectivity index (χ2v) is 15.0. The zero-order valence-corrected chi connectivity index (χ0v) is 28.8. The Morgan fingerprint density at radius 2 is 0.920 bits per heavy atom. The summed E-state index contributed by atoms with van der Waals surface area (Å²) in [6.45, 7) is 9.71. The van der Waals surface area contributed by atoms with Gasteiger partial charge in [-0.25, -0.2) is 0 Å². The summed E-state index contributed by atoms with van der Waals surface area (Å²) in [5.41, 5.74) is 20.1. The molecule has 0 amide bonds. The minimum atomic E-state index is -0.186. The van der Waals surface area contributed by atoms with E-state index in [4.69, 9.17) is 9.97 Å². The number of hydrogen-bond acceptors (Lipinski definition) is 3. The standard InChI is InChI=1S/C47H37N3/c1-46(2)36-19-11-17-34-35-18-12-20-37-43(35)45(42(34)36)44-38(46)27-33(28-39(44)47(37,3)4)50(31-15-9-13-29(25-31)40-21-5-7-23-48-40)32-16-10-14-30(26-32)41-22-6-8-24-49-41/h5-28,45H,1-4H3. The maximum absolute atomic E-state index is 4.71. The number of benzene rings is 5. The van der Waals surface area contributed by atoms with Crippen molar-refractivity contribution in [1.82, 2.24) is 9.97 Å². The number of nitrogens with zero attached hydrogens (tertiary/aromatic N) is 3. The van der Waals surface area contributed by atoms with E-state index < -0.39 is 0 Å². The summed E-state index contributed by atoms with van der Waals surface area (Å²) in [4.78, 5) is 11.9. The van der Waals surface area contributed by atoms with Crippen LogP contribution in [-0.4, -0.2) is 9.97 Å². The van der Waals surface area contributed by atoms with Crippen LogP contribution in [0.4, 0.5) is 17.1 Å². The van der Waals surface area contributed by atoms with Gasteiger partial charge in [-0.05, 0) is 111 Å². The summed E-state index contributed by atoms with van der Waals surface area (Å²) in [6.07, 6.45) is 3.73. The van der Waals surface area contributed by atoms with E-state index in [9.17, 15) is 0 Å². The molecule has 0 atom stereocenters. The fourth-order valence-electron chi connectivity index (χ4n) is 9.27. The molecule has 0 spiro atoms. The largest absolute Gasteiger partial charge is 0.310 e. The van der Waals surface area contributed by atoms with Gasteiger partial charge in [0, 0.05) is 57.3 Å². The van der Waals surface area contributed by atoms with E-state index in [-0.39, 0.29) is 16.7 Å². The van der Waals surface area contributed by atoms with Crippen LogP contribution in [0.15, 0.2) is 146 Å². The van der Waals surface area contributed by atoms with Crippen LogP contribution in [0.2, 0.25) is 0 Å². The first-order valence-electron chi connectivity index (χ1n) is 17.6. The average molecular weight is 644 g/mol. The summed E-state index contributed by atoms with van der Waals surface area (Å²) >= 11 is 0. The number of rotatable bonds is 5. The first kappa shape index (κ1) is 29.1. The van der Waals surface area contributed by atoms with Gasteiger partial charge in [-0.1, -0.05) is 100 Å². The van der Waals surface area contributed by atoms with Crippen LogP contribution < -0.4 is 4.90 Å². The molecule has 10 rings (SSSR count). The molecule has 2 aromatic heterocycles. The summed E-state index contributed by atoms with van der Waals surface area (Å²) in [5.74, 6) is 0.265. The highest BCUT2D eigenvalue weighted by Gasteiger charge is 2.51. The second kappa shape index (κ2) is 10.4. The van der Waals surface area contributed by atoms with Gasteiger partial charge in [-0.2, -0.15) is 0 Å². The van der Waals surface area contributed by atoms with Gasteiger partial charge in [-0.3, -0.25) is 9.97 Å². The minimum absolute atomic E-state index is 0.186. The second-order valence-electron chi connectivity index (χ2n) is 15.0. The smallest absolute Gasteiger partial charge is 0.0702 e. The van der Waals surface area contributed by atoms with Crippen molar-refractivity contribution in [2.24, 2.45) is 0 Å². The van der Waals surface area contributed by atoms with E-state index in [1.54, 1.807) is 0 Å². The molecule has 2 heterocycles. The first-order valence-corrected chi connectivity index (χ1v) is 17.6. The van der Waals surface area contributed by atoms with E-state index in [2.05, 4.69) is 154 Å². The van der Waals surface area contributed by atoms with Crippen LogP contribution in [0.25, 0.3) is 33.6 Å². The molecular formula is C47H37N3. The van der Waals surface area contributed by atoms with E-state index in [0.717, 1.165) is 39.6 Å². The highest BCUT2D eigenvalue weighted by Crippen LogP contribution is 2.64. The number of pyridine rings is 2. The highest BCUT2D eigenvalue weighted by molar-refractivity contribution is 5.90. The van der Waals surface area contributed by atoms with Crippen LogP contribution in [0.1, 0.15) is 72.6 Å². The SMILES string of the molecule is CC1(C)c2cccc3c2C2c4c-3cccc4C(C)(C)c3cc(N(c4cccc(-c5ccccn5)c4)c4cccc(-c5ccccn5)c4)cc1c32. The number of aromatic nitrogens is 2. The van der Waals surface area contributed by atoms with Crippen LogP contribution in [0, 0.1) is 0 Å². The van der Waals surface area contributed by atoms with Crippen molar-refractivity contribution in [3.8, 4) is 33.6 Å². The summed E-state index contributed by atoms with van der Waals surface area (Å²) < 4.78 is 0. The molecule has 5 aromatic carbocycles. The maximum atomic E-state index is 4.71. The van der Waals surface area contributed by atoms with Gasteiger partial charge < -0.3 is 4.90 Å². The normalized spacial score (nSPS) is 15.4. The molecule has 0 bridgehead atoms. The molecule has 3 nitrogen and oxygen atoms in total. The molecule has 3 aliphatic rings. The van der Waals surface area contributed by atoms with E-state index in [0.29, 0.717) is 0 Å². The van der Waals surface area contributed by atoms with Crippen LogP contribution >= 0.6 is 0 Å². The van der Waals surface area contributed by atoms with Crippen molar-refractivity contribution in [1.29, 1.82) is 0 Å². The lowest BCUT2D eigenvalue weighted by Gasteiger charge is -2.47. The Kier molecular flexibility index (Phi) is 6.04. The van der Waals surface area contributed by atoms with E-state index in [1.165, 1.54) is 50.1 Å². The van der Waals surface area contributed by atoms with Gasteiger partial charge in [0.15, 0.2) is 0 Å². The summed E-state index contributed by atoms with van der Waals surface area (Å²) in [5, 5.41) is 0. The Morgan fingerprint density at radius 1 is 0.440 bits per heavy atom. The molecule has 0 N–H and O–H groups in total. The lowest BCUT2D eigenvalue weighted by molar-refractivity contribution is 0.553. The van der Waals surface area contributed by atoms with Gasteiger partial charge in [0.2, 0.25) is 0 Å². The molecule has 3 heteroatoms. The van der Waals surface area contributed by atoms with Gasteiger partial charge in [0.1, 0.15) is 0 Å². The van der Waals surface area contributed by atoms with Crippen molar-refractivity contribution >= 4 is 17.1 Å². The number of anilines is 3. The van der Waals surface area contributed by atoms with Gasteiger partial charge in [0.25, 0.3) is 0 Å². The maximum Gasteiger partial charge on any atom is 0.0702 e. The Labute approximate surface area is 294 Å². The third-order valence-electron chi connectivity index (χ3n) is 11.6. The van der Waals surface area contributed by atoms with Crippen molar-refractivity contribution in [3.05, 3.63) is 185 Å². The lowest BCUT2D eigenvalue weighted by atomic mass is 9.57. The first-order chi connectivity index (χ1) is 24.3. The topological polar surface area (TPSA) is 29.0 Å². The highest BCUT2D eigenvalue weighted by atomic mass is 15.1. The molecule has 3 aliphatic carbocycles. The zero-order chi connectivity index (χ0) is 33.8. The average Bonchev–Trinajstić information content (AvgIpc) is 3.49. The fraction of sp³-hybridized carbons (Fsp3) is 0.149.